The summed E-state index contributed by atoms with van der Waals surface area (Å²) in [4.78, 5) is 25.7. The molecule has 1 aromatic carbocycles. The van der Waals surface area contributed by atoms with Gasteiger partial charge in [0.2, 0.25) is 0 Å². The first-order valence-electron chi connectivity index (χ1n) is 8.02. The third-order valence-electron chi connectivity index (χ3n) is 4.60. The number of thiophene rings is 1. The first kappa shape index (κ1) is 17.4. The number of carbonyl (C=O) groups is 1. The average molecular weight is 362 g/mol. The topological polar surface area (TPSA) is 85.9 Å². The van der Waals surface area contributed by atoms with Crippen molar-refractivity contribution in [2.45, 2.75) is 19.4 Å². The highest BCUT2D eigenvalue weighted by molar-refractivity contribution is 7.10. The second kappa shape index (κ2) is 7.20. The maximum atomic E-state index is 12.4. The number of anilines is 1. The Balaban J connectivity index is 1.70. The summed E-state index contributed by atoms with van der Waals surface area (Å²) in [6.45, 7) is 3.27. The van der Waals surface area contributed by atoms with Gasteiger partial charge >= 0.3 is 0 Å². The molecule has 0 saturated carbocycles. The predicted octanol–water partition coefficient (Wildman–Crippen LogP) is 1.81. The minimum atomic E-state index is -0.522. The molecule has 1 aliphatic heterocycles. The molecule has 1 aromatic heterocycles. The number of quaternary nitrogens is 1. The summed E-state index contributed by atoms with van der Waals surface area (Å²) >= 11 is 1.76. The first-order valence-corrected chi connectivity index (χ1v) is 8.90. The van der Waals surface area contributed by atoms with Gasteiger partial charge in [-0.2, -0.15) is 0 Å². The van der Waals surface area contributed by atoms with Crippen LogP contribution in [0.15, 0.2) is 29.6 Å². The lowest BCUT2D eigenvalue weighted by molar-refractivity contribution is -0.923. The van der Waals surface area contributed by atoms with E-state index in [4.69, 9.17) is 4.74 Å². The Hall–Kier alpha value is -2.45. The average Bonchev–Trinajstić information content (AvgIpc) is 3.07. The van der Waals surface area contributed by atoms with Gasteiger partial charge in [-0.15, -0.1) is 11.3 Å². The molecule has 25 heavy (non-hydrogen) atoms. The Morgan fingerprint density at radius 2 is 2.28 bits per heavy atom. The van der Waals surface area contributed by atoms with Crippen molar-refractivity contribution in [3.8, 4) is 5.75 Å². The standard InChI is InChI=1S/C17H19N3O4S/c1-11-13-6-8-25-16(13)5-7-19(11)10-17(21)18-14-4-3-12(24-2)9-15(14)20(22)23/h3-4,6,8-9,11H,5,7,10H2,1-2H3,(H,18,21)/p+1/t11-/m1/s1. The molecule has 0 spiro atoms. The van der Waals surface area contributed by atoms with Gasteiger partial charge in [0.05, 0.1) is 24.6 Å². The monoisotopic (exact) mass is 362 g/mol. The zero-order valence-electron chi connectivity index (χ0n) is 14.1. The largest absolute Gasteiger partial charge is 0.496 e. The number of benzene rings is 1. The quantitative estimate of drug-likeness (QED) is 0.627. The van der Waals surface area contributed by atoms with Gasteiger partial charge in [-0.25, -0.2) is 0 Å². The van der Waals surface area contributed by atoms with E-state index in [0.29, 0.717) is 5.75 Å². The first-order chi connectivity index (χ1) is 12.0. The summed E-state index contributed by atoms with van der Waals surface area (Å²) < 4.78 is 5.01. The Labute approximate surface area is 149 Å². The Morgan fingerprint density at radius 1 is 1.48 bits per heavy atom. The number of hydrogen-bond donors (Lipinski definition) is 2. The predicted molar refractivity (Wildman–Crippen MR) is 95.4 cm³/mol. The SMILES string of the molecule is COc1ccc(NC(=O)C[NH+]2CCc3sccc3[C@H]2C)c([N+](=O)[O-])c1. The highest BCUT2D eigenvalue weighted by Crippen LogP contribution is 2.29. The second-order valence-corrected chi connectivity index (χ2v) is 7.04. The van der Waals surface area contributed by atoms with Crippen LogP contribution in [-0.4, -0.2) is 31.0 Å². The highest BCUT2D eigenvalue weighted by atomic mass is 32.1. The normalized spacial score (nSPS) is 19.1. The van der Waals surface area contributed by atoms with Crippen LogP contribution in [-0.2, 0) is 11.2 Å². The molecule has 0 fully saturated rings. The van der Waals surface area contributed by atoms with Crippen molar-refractivity contribution in [2.24, 2.45) is 0 Å². The number of nitro groups is 1. The van der Waals surface area contributed by atoms with Crippen molar-refractivity contribution >= 4 is 28.6 Å². The van der Waals surface area contributed by atoms with Crippen LogP contribution < -0.4 is 15.0 Å². The van der Waals surface area contributed by atoms with Crippen LogP contribution in [0.5, 0.6) is 5.75 Å². The van der Waals surface area contributed by atoms with Gasteiger partial charge in [-0.1, -0.05) is 0 Å². The highest BCUT2D eigenvalue weighted by Gasteiger charge is 2.30. The lowest BCUT2D eigenvalue weighted by Gasteiger charge is -2.29. The van der Waals surface area contributed by atoms with E-state index < -0.39 is 4.92 Å². The Kier molecular flexibility index (Phi) is 5.00. The fourth-order valence-electron chi connectivity index (χ4n) is 3.19. The Morgan fingerprint density at radius 3 is 3.00 bits per heavy atom. The summed E-state index contributed by atoms with van der Waals surface area (Å²) in [5.74, 6) is 0.152. The fraction of sp³-hybridized carbons (Fsp3) is 0.353. The number of fused-ring (bicyclic) bond motifs is 1. The lowest BCUT2D eigenvalue weighted by atomic mass is 10.0. The van der Waals surface area contributed by atoms with Crippen LogP contribution in [0.2, 0.25) is 0 Å². The van der Waals surface area contributed by atoms with Crippen molar-refractivity contribution in [1.82, 2.24) is 0 Å². The number of hydrogen-bond acceptors (Lipinski definition) is 5. The van der Waals surface area contributed by atoms with Crippen molar-refractivity contribution in [2.75, 3.05) is 25.5 Å². The number of nitro benzene ring substituents is 1. The molecule has 8 heteroatoms. The van der Waals surface area contributed by atoms with Gasteiger partial charge in [-0.3, -0.25) is 14.9 Å². The van der Waals surface area contributed by atoms with E-state index in [1.54, 1.807) is 17.4 Å². The van der Waals surface area contributed by atoms with Gasteiger partial charge in [0.25, 0.3) is 11.6 Å². The molecule has 7 nitrogen and oxygen atoms in total. The summed E-state index contributed by atoms with van der Waals surface area (Å²) in [5, 5.41) is 16.0. The zero-order valence-corrected chi connectivity index (χ0v) is 14.9. The van der Waals surface area contributed by atoms with Gasteiger partial charge in [0, 0.05) is 16.9 Å². The molecule has 1 amide bonds. The van der Waals surface area contributed by atoms with E-state index >= 15 is 0 Å². The number of nitrogens with zero attached hydrogens (tertiary/aromatic N) is 1. The number of amides is 1. The van der Waals surface area contributed by atoms with Crippen molar-refractivity contribution in [1.29, 1.82) is 0 Å². The van der Waals surface area contributed by atoms with E-state index in [1.165, 1.54) is 34.6 Å². The molecule has 3 rings (SSSR count). The molecule has 0 bridgehead atoms. The molecule has 2 atom stereocenters. The number of carbonyl (C=O) groups excluding carboxylic acids is 1. The van der Waals surface area contributed by atoms with Crippen LogP contribution in [0, 0.1) is 10.1 Å². The maximum absolute atomic E-state index is 12.4. The summed E-state index contributed by atoms with van der Waals surface area (Å²) in [6, 6.07) is 6.77. The van der Waals surface area contributed by atoms with Crippen LogP contribution in [0.4, 0.5) is 11.4 Å². The molecule has 2 heterocycles. The third-order valence-corrected chi connectivity index (χ3v) is 5.59. The molecule has 1 unspecified atom stereocenters. The smallest absolute Gasteiger partial charge is 0.296 e. The minimum absolute atomic E-state index is 0.172. The zero-order chi connectivity index (χ0) is 18.0. The van der Waals surface area contributed by atoms with E-state index in [0.717, 1.165) is 13.0 Å². The Bertz CT molecular complexity index is 805. The van der Waals surface area contributed by atoms with Gasteiger partial charge in [0.15, 0.2) is 6.54 Å². The van der Waals surface area contributed by atoms with Gasteiger partial charge in [-0.05, 0) is 30.5 Å². The molecule has 132 valence electrons. The summed E-state index contributed by atoms with van der Waals surface area (Å²) in [6.07, 6.45) is 0.961. The number of nitrogens with one attached hydrogen (secondary N) is 2. The van der Waals surface area contributed by atoms with Crippen LogP contribution in [0.1, 0.15) is 23.4 Å². The molecule has 1 aliphatic rings. The lowest BCUT2D eigenvalue weighted by Crippen LogP contribution is -3.14. The maximum Gasteiger partial charge on any atom is 0.296 e. The van der Waals surface area contributed by atoms with Crippen LogP contribution in [0.3, 0.4) is 0 Å². The van der Waals surface area contributed by atoms with Crippen LogP contribution >= 0.6 is 11.3 Å². The molecule has 0 radical (unpaired) electrons. The van der Waals surface area contributed by atoms with Crippen molar-refractivity contribution in [3.05, 3.63) is 50.2 Å². The van der Waals surface area contributed by atoms with Crippen molar-refractivity contribution < 1.29 is 19.4 Å². The third kappa shape index (κ3) is 3.64. The van der Waals surface area contributed by atoms with E-state index in [1.807, 2.05) is 0 Å². The van der Waals surface area contributed by atoms with E-state index in [9.17, 15) is 14.9 Å². The van der Waals surface area contributed by atoms with Crippen LogP contribution in [0.25, 0.3) is 0 Å². The van der Waals surface area contributed by atoms with E-state index in [2.05, 4.69) is 23.7 Å². The summed E-state index contributed by atoms with van der Waals surface area (Å²) in [5.41, 5.74) is 1.32. The second-order valence-electron chi connectivity index (χ2n) is 6.04. The van der Waals surface area contributed by atoms with Crippen molar-refractivity contribution in [3.63, 3.8) is 0 Å². The number of methoxy groups -OCH3 is 1. The van der Waals surface area contributed by atoms with Gasteiger partial charge < -0.3 is 15.0 Å². The molecule has 2 aromatic rings. The van der Waals surface area contributed by atoms with E-state index in [-0.39, 0.29) is 29.9 Å². The molecule has 2 N–H and O–H groups in total. The number of rotatable bonds is 5. The van der Waals surface area contributed by atoms with Gasteiger partial charge in [0.1, 0.15) is 17.5 Å². The molecule has 0 saturated heterocycles. The fourth-order valence-corrected chi connectivity index (χ4v) is 4.17. The number of ether oxygens (including phenoxy) is 1. The minimum Gasteiger partial charge on any atom is -0.496 e. The molecule has 0 aliphatic carbocycles. The summed E-state index contributed by atoms with van der Waals surface area (Å²) in [7, 11) is 1.44. The molecular formula is C17H20N3O4S+. The molecular weight excluding hydrogens is 342 g/mol.